The number of carboxylic acid groups (broad SMARTS) is 1. The van der Waals surface area contributed by atoms with E-state index < -0.39 is 23.6 Å². The molecule has 0 aromatic heterocycles. The van der Waals surface area contributed by atoms with E-state index in [1.54, 1.807) is 0 Å². The summed E-state index contributed by atoms with van der Waals surface area (Å²) in [5.74, 6) is -3.45. The van der Waals surface area contributed by atoms with E-state index in [4.69, 9.17) is 5.11 Å². The largest absolute Gasteiger partial charge is 0.481 e. The average Bonchev–Trinajstić information content (AvgIpc) is 2.67. The van der Waals surface area contributed by atoms with E-state index in [2.05, 4.69) is 20.7 Å². The molecular formula is C13H10BrNO6. The smallest absolute Gasteiger partial charge is 0.340 e. The number of carboxylic acids is 1. The van der Waals surface area contributed by atoms with E-state index in [0.717, 1.165) is 4.90 Å². The number of aliphatic carboxylic acids is 1. The normalized spacial score (nSPS) is 13.3. The van der Waals surface area contributed by atoms with Gasteiger partial charge in [0.25, 0.3) is 11.7 Å². The lowest BCUT2D eigenvalue weighted by atomic mass is 10.1. The summed E-state index contributed by atoms with van der Waals surface area (Å²) in [5.41, 5.74) is 0.188. The molecule has 0 spiro atoms. The predicted octanol–water partition coefficient (Wildman–Crippen LogP) is 1.24. The van der Waals surface area contributed by atoms with Gasteiger partial charge in [-0.15, -0.1) is 0 Å². The molecule has 0 saturated carbocycles. The lowest BCUT2D eigenvalue weighted by Gasteiger charge is -2.18. The summed E-state index contributed by atoms with van der Waals surface area (Å²) in [4.78, 5) is 47.4. The molecule has 0 saturated heterocycles. The molecule has 21 heavy (non-hydrogen) atoms. The van der Waals surface area contributed by atoms with Gasteiger partial charge >= 0.3 is 11.9 Å². The van der Waals surface area contributed by atoms with Crippen LogP contribution in [0.15, 0.2) is 16.6 Å². The first-order valence-electron chi connectivity index (χ1n) is 5.86. The molecule has 1 heterocycles. The first-order valence-corrected chi connectivity index (χ1v) is 6.66. The topological polar surface area (TPSA) is 101 Å². The summed E-state index contributed by atoms with van der Waals surface area (Å²) in [6.45, 7) is -0.196. The van der Waals surface area contributed by atoms with Gasteiger partial charge in [-0.05, 0) is 12.1 Å². The third-order valence-electron chi connectivity index (χ3n) is 2.98. The van der Waals surface area contributed by atoms with Gasteiger partial charge in [0.1, 0.15) is 0 Å². The Kier molecular flexibility index (Phi) is 4.08. The minimum Gasteiger partial charge on any atom is -0.481 e. The highest BCUT2D eigenvalue weighted by Crippen LogP contribution is 2.35. The van der Waals surface area contributed by atoms with Crippen LogP contribution in [0.4, 0.5) is 5.69 Å². The summed E-state index contributed by atoms with van der Waals surface area (Å²) in [7, 11) is 1.18. The SMILES string of the molecule is COC(=O)c1cc(Br)cc2c1N(CCC(=O)O)C(=O)C2=O. The minimum absolute atomic E-state index is 0.0338. The molecule has 0 fully saturated rings. The molecule has 7 nitrogen and oxygen atoms in total. The Morgan fingerprint density at radius 2 is 2.00 bits per heavy atom. The number of ether oxygens (including phenoxy) is 1. The van der Waals surface area contributed by atoms with Crippen LogP contribution in [0, 0.1) is 0 Å². The third-order valence-corrected chi connectivity index (χ3v) is 3.44. The fraction of sp³-hybridized carbons (Fsp3) is 0.231. The van der Waals surface area contributed by atoms with Crippen LogP contribution in [0.3, 0.4) is 0 Å². The molecule has 0 aliphatic carbocycles. The molecule has 2 rings (SSSR count). The van der Waals surface area contributed by atoms with E-state index in [-0.39, 0.29) is 29.8 Å². The first-order chi connectivity index (χ1) is 9.86. The molecule has 8 heteroatoms. The zero-order valence-electron chi connectivity index (χ0n) is 10.9. The maximum atomic E-state index is 12.0. The number of hydrogen-bond acceptors (Lipinski definition) is 5. The van der Waals surface area contributed by atoms with Crippen LogP contribution in [0.5, 0.6) is 0 Å². The van der Waals surface area contributed by atoms with Gasteiger partial charge < -0.3 is 14.7 Å². The number of rotatable bonds is 4. The predicted molar refractivity (Wildman–Crippen MR) is 74.4 cm³/mol. The minimum atomic E-state index is -1.11. The van der Waals surface area contributed by atoms with Crippen molar-refractivity contribution in [1.82, 2.24) is 0 Å². The molecular weight excluding hydrogens is 346 g/mol. The van der Waals surface area contributed by atoms with E-state index in [1.807, 2.05) is 0 Å². The zero-order valence-corrected chi connectivity index (χ0v) is 12.5. The average molecular weight is 356 g/mol. The van der Waals surface area contributed by atoms with Crippen LogP contribution in [-0.2, 0) is 14.3 Å². The summed E-state index contributed by atoms with van der Waals surface area (Å²) < 4.78 is 5.08. The van der Waals surface area contributed by atoms with Gasteiger partial charge in [0.15, 0.2) is 0 Å². The number of fused-ring (bicyclic) bond motifs is 1. The van der Waals surface area contributed by atoms with Gasteiger partial charge in [-0.25, -0.2) is 4.79 Å². The number of ketones is 1. The van der Waals surface area contributed by atoms with Crippen molar-refractivity contribution in [3.05, 3.63) is 27.7 Å². The van der Waals surface area contributed by atoms with Crippen molar-refractivity contribution >= 4 is 45.2 Å². The molecule has 1 aromatic rings. The Balaban J connectivity index is 2.57. The second-order valence-corrected chi connectivity index (χ2v) is 5.19. The molecule has 0 radical (unpaired) electrons. The zero-order chi connectivity index (χ0) is 15.7. The number of anilines is 1. The summed E-state index contributed by atoms with van der Waals surface area (Å²) in [5, 5.41) is 8.72. The number of methoxy groups -OCH3 is 1. The highest BCUT2D eigenvalue weighted by molar-refractivity contribution is 9.10. The Hall–Kier alpha value is -2.22. The van der Waals surface area contributed by atoms with Crippen LogP contribution >= 0.6 is 15.9 Å². The van der Waals surface area contributed by atoms with Crippen molar-refractivity contribution in [3.8, 4) is 0 Å². The second-order valence-electron chi connectivity index (χ2n) is 4.27. The molecule has 110 valence electrons. The molecule has 0 unspecified atom stereocenters. The first kappa shape index (κ1) is 15.2. The summed E-state index contributed by atoms with van der Waals surface area (Å²) in [6, 6.07) is 2.84. The van der Waals surface area contributed by atoms with Crippen molar-refractivity contribution in [2.45, 2.75) is 6.42 Å². The van der Waals surface area contributed by atoms with Crippen LogP contribution in [0.25, 0.3) is 0 Å². The highest BCUT2D eigenvalue weighted by atomic mass is 79.9. The van der Waals surface area contributed by atoms with Gasteiger partial charge in [-0.1, -0.05) is 15.9 Å². The molecule has 1 aliphatic heterocycles. The number of benzene rings is 1. The maximum absolute atomic E-state index is 12.0. The Labute approximate surface area is 127 Å². The fourth-order valence-corrected chi connectivity index (χ4v) is 2.55. The number of hydrogen-bond donors (Lipinski definition) is 1. The van der Waals surface area contributed by atoms with Crippen molar-refractivity contribution < 1.29 is 29.0 Å². The maximum Gasteiger partial charge on any atom is 0.340 e. The van der Waals surface area contributed by atoms with Gasteiger partial charge in [-0.3, -0.25) is 14.4 Å². The number of nitrogens with zero attached hydrogens (tertiary/aromatic N) is 1. The van der Waals surface area contributed by atoms with Crippen LogP contribution < -0.4 is 4.90 Å². The van der Waals surface area contributed by atoms with Crippen LogP contribution in [0.2, 0.25) is 0 Å². The van der Waals surface area contributed by atoms with E-state index in [9.17, 15) is 19.2 Å². The van der Waals surface area contributed by atoms with Gasteiger partial charge in [0.2, 0.25) is 0 Å². The molecule has 0 atom stereocenters. The van der Waals surface area contributed by atoms with Crippen LogP contribution in [0.1, 0.15) is 27.1 Å². The van der Waals surface area contributed by atoms with E-state index in [0.29, 0.717) is 4.47 Å². The fourth-order valence-electron chi connectivity index (χ4n) is 2.09. The van der Waals surface area contributed by atoms with E-state index >= 15 is 0 Å². The Morgan fingerprint density at radius 1 is 1.33 bits per heavy atom. The number of esters is 1. The monoisotopic (exact) mass is 355 g/mol. The number of carbonyl (C=O) groups excluding carboxylic acids is 3. The molecule has 1 amide bonds. The third kappa shape index (κ3) is 2.66. The Morgan fingerprint density at radius 3 is 2.57 bits per heavy atom. The van der Waals surface area contributed by atoms with Crippen molar-refractivity contribution in [2.24, 2.45) is 0 Å². The van der Waals surface area contributed by atoms with E-state index in [1.165, 1.54) is 19.2 Å². The summed E-state index contributed by atoms with van der Waals surface area (Å²) in [6.07, 6.45) is -0.338. The Bertz CT molecular complexity index is 669. The van der Waals surface area contributed by atoms with Crippen molar-refractivity contribution in [3.63, 3.8) is 0 Å². The number of halogens is 1. The highest BCUT2D eigenvalue weighted by Gasteiger charge is 2.39. The second kappa shape index (κ2) is 5.65. The van der Waals surface area contributed by atoms with Crippen molar-refractivity contribution in [2.75, 3.05) is 18.6 Å². The molecule has 1 aromatic carbocycles. The number of amides is 1. The number of Topliss-reactive ketones (excluding diaryl/α,β-unsaturated/α-hetero) is 1. The molecule has 0 bridgehead atoms. The van der Waals surface area contributed by atoms with Gasteiger partial charge in [0, 0.05) is 11.0 Å². The lowest BCUT2D eigenvalue weighted by Crippen LogP contribution is -2.32. The summed E-state index contributed by atoms with van der Waals surface area (Å²) >= 11 is 3.16. The lowest BCUT2D eigenvalue weighted by molar-refractivity contribution is -0.136. The van der Waals surface area contributed by atoms with Gasteiger partial charge in [0.05, 0.1) is 30.3 Å². The number of carbonyl (C=O) groups is 4. The van der Waals surface area contributed by atoms with Crippen LogP contribution in [-0.4, -0.2) is 42.4 Å². The van der Waals surface area contributed by atoms with Gasteiger partial charge in [-0.2, -0.15) is 0 Å². The van der Waals surface area contributed by atoms with Crippen molar-refractivity contribution in [1.29, 1.82) is 0 Å². The molecule has 1 N–H and O–H groups in total. The quantitative estimate of drug-likeness (QED) is 0.644. The standard InChI is InChI=1S/C13H10BrNO6/c1-21-13(20)8-5-6(14)4-7-10(8)15(3-2-9(16)17)12(19)11(7)18/h4-5H,2-3H2,1H3,(H,16,17). The molecule has 1 aliphatic rings.